The van der Waals surface area contributed by atoms with Crippen molar-refractivity contribution >= 4 is 16.5 Å². The van der Waals surface area contributed by atoms with E-state index in [1.54, 1.807) is 17.5 Å². The normalized spacial score (nSPS) is 10.4. The van der Waals surface area contributed by atoms with E-state index in [4.69, 9.17) is 4.52 Å². The molecule has 2 heterocycles. The molecule has 0 fully saturated rings. The monoisotopic (exact) mass is 209 g/mol. The minimum Gasteiger partial charge on any atom is -0.360 e. The van der Waals surface area contributed by atoms with Gasteiger partial charge in [0.2, 0.25) is 0 Å². The summed E-state index contributed by atoms with van der Waals surface area (Å²) in [6, 6.07) is 1.83. The van der Waals surface area contributed by atoms with Gasteiger partial charge in [0.1, 0.15) is 0 Å². The highest BCUT2D eigenvalue weighted by molar-refractivity contribution is 7.15. The summed E-state index contributed by atoms with van der Waals surface area (Å²) >= 11 is 1.65. The largest absolute Gasteiger partial charge is 0.360 e. The number of anilines is 1. The second-order valence-corrected chi connectivity index (χ2v) is 4.20. The molecular formula is C9H11N3OS. The third-order valence-corrected chi connectivity index (χ3v) is 2.96. The van der Waals surface area contributed by atoms with Crippen LogP contribution in [0, 0.1) is 13.8 Å². The smallest absolute Gasteiger partial charge is 0.183 e. The van der Waals surface area contributed by atoms with Gasteiger partial charge >= 0.3 is 0 Å². The van der Waals surface area contributed by atoms with Crippen LogP contribution in [0.15, 0.2) is 16.8 Å². The molecule has 0 saturated heterocycles. The Bertz CT molecular complexity index is 388. The Hall–Kier alpha value is -1.36. The van der Waals surface area contributed by atoms with Crippen molar-refractivity contribution in [2.24, 2.45) is 0 Å². The zero-order valence-corrected chi connectivity index (χ0v) is 8.89. The molecule has 0 radical (unpaired) electrons. The highest BCUT2D eigenvalue weighted by Crippen LogP contribution is 2.21. The molecule has 5 heteroatoms. The molecule has 1 N–H and O–H groups in total. The molecule has 0 spiro atoms. The Kier molecular flexibility index (Phi) is 2.49. The number of hydrogen-bond acceptors (Lipinski definition) is 5. The summed E-state index contributed by atoms with van der Waals surface area (Å²) in [6.07, 6.45) is 1.63. The fourth-order valence-electron chi connectivity index (χ4n) is 1.04. The van der Waals surface area contributed by atoms with Crippen molar-refractivity contribution in [3.05, 3.63) is 28.6 Å². The van der Waals surface area contributed by atoms with Crippen LogP contribution in [0.2, 0.25) is 0 Å². The summed E-state index contributed by atoms with van der Waals surface area (Å²) < 4.78 is 4.96. The van der Waals surface area contributed by atoms with E-state index in [9.17, 15) is 0 Å². The van der Waals surface area contributed by atoms with Gasteiger partial charge in [0, 0.05) is 10.9 Å². The predicted molar refractivity (Wildman–Crippen MR) is 55.4 cm³/mol. The van der Waals surface area contributed by atoms with Crippen LogP contribution in [0.4, 0.5) is 5.13 Å². The van der Waals surface area contributed by atoms with E-state index < -0.39 is 0 Å². The summed E-state index contributed by atoms with van der Waals surface area (Å²) in [4.78, 5) is 5.60. The lowest BCUT2D eigenvalue weighted by atomic mass is 10.4. The van der Waals surface area contributed by atoms with Gasteiger partial charge in [-0.15, -0.1) is 11.3 Å². The van der Waals surface area contributed by atoms with Crippen molar-refractivity contribution < 1.29 is 4.52 Å². The molecule has 0 aliphatic rings. The highest BCUT2D eigenvalue weighted by Gasteiger charge is 2.03. The van der Waals surface area contributed by atoms with Crippen molar-refractivity contribution in [2.75, 3.05) is 5.32 Å². The van der Waals surface area contributed by atoms with Crippen LogP contribution in [0.1, 0.15) is 16.3 Å². The van der Waals surface area contributed by atoms with E-state index in [1.807, 2.05) is 13.0 Å². The summed E-state index contributed by atoms with van der Waals surface area (Å²) in [6.45, 7) is 4.70. The van der Waals surface area contributed by atoms with Crippen molar-refractivity contribution in [3.63, 3.8) is 0 Å². The SMILES string of the molecule is Cc1nc(NCc2ccno2)sc1C. The maximum atomic E-state index is 4.96. The molecular weight excluding hydrogens is 198 g/mol. The fraction of sp³-hybridized carbons (Fsp3) is 0.333. The van der Waals surface area contributed by atoms with Crippen LogP contribution in [-0.4, -0.2) is 10.1 Å². The van der Waals surface area contributed by atoms with Crippen molar-refractivity contribution in [1.29, 1.82) is 0 Å². The van der Waals surface area contributed by atoms with E-state index in [2.05, 4.69) is 22.4 Å². The number of rotatable bonds is 3. The minimum atomic E-state index is 0.631. The van der Waals surface area contributed by atoms with E-state index in [1.165, 1.54) is 4.88 Å². The van der Waals surface area contributed by atoms with Gasteiger partial charge in [-0.05, 0) is 13.8 Å². The van der Waals surface area contributed by atoms with Crippen molar-refractivity contribution in [2.45, 2.75) is 20.4 Å². The van der Waals surface area contributed by atoms with Gasteiger partial charge in [-0.3, -0.25) is 0 Å². The molecule has 0 aromatic carbocycles. The quantitative estimate of drug-likeness (QED) is 0.843. The van der Waals surface area contributed by atoms with Crippen LogP contribution in [0.5, 0.6) is 0 Å². The number of aryl methyl sites for hydroxylation is 2. The molecule has 0 bridgehead atoms. The molecule has 14 heavy (non-hydrogen) atoms. The van der Waals surface area contributed by atoms with Gasteiger partial charge in [-0.2, -0.15) is 0 Å². The first-order chi connectivity index (χ1) is 6.75. The number of thiazole rings is 1. The summed E-state index contributed by atoms with van der Waals surface area (Å²) in [7, 11) is 0. The fourth-order valence-corrected chi connectivity index (χ4v) is 1.85. The van der Waals surface area contributed by atoms with Crippen LogP contribution in [0.25, 0.3) is 0 Å². The maximum absolute atomic E-state index is 4.96. The van der Waals surface area contributed by atoms with Gasteiger partial charge in [-0.1, -0.05) is 5.16 Å². The molecule has 2 aromatic rings. The van der Waals surface area contributed by atoms with Gasteiger partial charge in [-0.25, -0.2) is 4.98 Å². The van der Waals surface area contributed by atoms with Crippen LogP contribution >= 0.6 is 11.3 Å². The number of hydrogen-bond donors (Lipinski definition) is 1. The lowest BCUT2D eigenvalue weighted by Gasteiger charge is -1.96. The number of nitrogens with zero attached hydrogens (tertiary/aromatic N) is 2. The zero-order chi connectivity index (χ0) is 9.97. The second-order valence-electron chi connectivity index (χ2n) is 2.99. The van der Waals surface area contributed by atoms with Crippen LogP contribution in [-0.2, 0) is 6.54 Å². The van der Waals surface area contributed by atoms with Crippen molar-refractivity contribution in [1.82, 2.24) is 10.1 Å². The Morgan fingerprint density at radius 3 is 2.93 bits per heavy atom. The molecule has 0 unspecified atom stereocenters. The summed E-state index contributed by atoms with van der Waals surface area (Å²) in [5.74, 6) is 0.815. The van der Waals surface area contributed by atoms with E-state index in [0.717, 1.165) is 16.6 Å². The topological polar surface area (TPSA) is 51.0 Å². The maximum Gasteiger partial charge on any atom is 0.183 e. The molecule has 2 rings (SSSR count). The van der Waals surface area contributed by atoms with Gasteiger partial charge in [0.05, 0.1) is 18.4 Å². The first-order valence-corrected chi connectivity index (χ1v) is 5.15. The Morgan fingerprint density at radius 1 is 1.50 bits per heavy atom. The molecule has 74 valence electrons. The van der Waals surface area contributed by atoms with Gasteiger partial charge < -0.3 is 9.84 Å². The van der Waals surface area contributed by atoms with E-state index >= 15 is 0 Å². The van der Waals surface area contributed by atoms with Gasteiger partial charge in [0.15, 0.2) is 10.9 Å². The lowest BCUT2D eigenvalue weighted by Crippen LogP contribution is -1.97. The van der Waals surface area contributed by atoms with E-state index in [-0.39, 0.29) is 0 Å². The molecule has 0 aliphatic carbocycles. The highest BCUT2D eigenvalue weighted by atomic mass is 32.1. The molecule has 0 atom stereocenters. The lowest BCUT2D eigenvalue weighted by molar-refractivity contribution is 0.388. The summed E-state index contributed by atoms with van der Waals surface area (Å²) in [5, 5.41) is 7.73. The Morgan fingerprint density at radius 2 is 2.36 bits per heavy atom. The zero-order valence-electron chi connectivity index (χ0n) is 8.07. The number of nitrogens with one attached hydrogen (secondary N) is 1. The second kappa shape index (κ2) is 3.79. The Balaban J connectivity index is 1.98. The minimum absolute atomic E-state index is 0.631. The average molecular weight is 209 g/mol. The first kappa shape index (κ1) is 9.21. The molecule has 0 saturated carbocycles. The molecule has 0 aliphatic heterocycles. The van der Waals surface area contributed by atoms with E-state index in [0.29, 0.717) is 6.54 Å². The standard InChI is InChI=1S/C9H11N3OS/c1-6-7(2)14-9(12-6)10-5-8-3-4-11-13-8/h3-4H,5H2,1-2H3,(H,10,12). The van der Waals surface area contributed by atoms with Gasteiger partial charge in [0.25, 0.3) is 0 Å². The van der Waals surface area contributed by atoms with Crippen LogP contribution < -0.4 is 5.32 Å². The molecule has 0 amide bonds. The van der Waals surface area contributed by atoms with Crippen LogP contribution in [0.3, 0.4) is 0 Å². The first-order valence-electron chi connectivity index (χ1n) is 4.33. The summed E-state index contributed by atoms with van der Waals surface area (Å²) in [5.41, 5.74) is 1.08. The Labute approximate surface area is 86.0 Å². The predicted octanol–water partition coefficient (Wildman–Crippen LogP) is 2.36. The average Bonchev–Trinajstić information content (AvgIpc) is 2.74. The third-order valence-electron chi connectivity index (χ3n) is 1.93. The third kappa shape index (κ3) is 1.93. The molecule has 4 nitrogen and oxygen atoms in total. The van der Waals surface area contributed by atoms with Crippen molar-refractivity contribution in [3.8, 4) is 0 Å². The number of aromatic nitrogens is 2. The molecule has 2 aromatic heterocycles.